The van der Waals surface area contributed by atoms with Gasteiger partial charge in [0.15, 0.2) is 0 Å². The van der Waals surface area contributed by atoms with Crippen molar-refractivity contribution >= 4 is 59.5 Å². The molecule has 2 heterocycles. The summed E-state index contributed by atoms with van der Waals surface area (Å²) < 4.78 is 5.78. The molecule has 3 heteroatoms. The van der Waals surface area contributed by atoms with Gasteiger partial charge in [-0.05, 0) is 123 Å². The standard InChI is InChI=1S/C54H35BrN2/c55-44-32-42(38-23-19-36(20-24-38)40-27-29-53-49(34-40)47-15-7-9-17-51(47)56(53)45-11-3-1-4-12-45)31-43(33-44)39-25-21-37(22-26-39)41-28-30-54-50(35-41)48-16-8-10-18-52(48)57(54)46-13-5-2-6-14-46/h1-35H. The monoisotopic (exact) mass is 790 g/mol. The Morgan fingerprint density at radius 1 is 0.246 bits per heavy atom. The van der Waals surface area contributed by atoms with Crippen molar-refractivity contribution in [1.29, 1.82) is 0 Å². The highest BCUT2D eigenvalue weighted by molar-refractivity contribution is 9.10. The molecule has 0 N–H and O–H groups in total. The van der Waals surface area contributed by atoms with E-state index < -0.39 is 0 Å². The molecule has 0 bridgehead atoms. The molecule has 0 aliphatic rings. The van der Waals surface area contributed by atoms with Gasteiger partial charge in [0.25, 0.3) is 0 Å². The number of rotatable bonds is 6. The van der Waals surface area contributed by atoms with Gasteiger partial charge in [0.2, 0.25) is 0 Å². The Labute approximate surface area is 339 Å². The summed E-state index contributed by atoms with van der Waals surface area (Å²) in [7, 11) is 0. The number of aromatic nitrogens is 2. The lowest BCUT2D eigenvalue weighted by molar-refractivity contribution is 1.18. The minimum absolute atomic E-state index is 1.06. The number of fused-ring (bicyclic) bond motifs is 6. The highest BCUT2D eigenvalue weighted by Gasteiger charge is 2.15. The van der Waals surface area contributed by atoms with Gasteiger partial charge in [-0.2, -0.15) is 0 Å². The fraction of sp³-hybridized carbons (Fsp3) is 0. The van der Waals surface area contributed by atoms with Crippen LogP contribution in [0.5, 0.6) is 0 Å². The summed E-state index contributed by atoms with van der Waals surface area (Å²) in [4.78, 5) is 0. The molecule has 0 fully saturated rings. The lowest BCUT2D eigenvalue weighted by atomic mass is 9.95. The molecule has 268 valence electrons. The van der Waals surface area contributed by atoms with Crippen LogP contribution in [0.25, 0.3) is 99.5 Å². The Hall–Kier alpha value is -6.94. The third-order valence-corrected chi connectivity index (χ3v) is 11.8. The number of para-hydroxylation sites is 4. The maximum atomic E-state index is 3.83. The fourth-order valence-electron chi connectivity index (χ4n) is 8.65. The van der Waals surface area contributed by atoms with Crippen LogP contribution in [0.1, 0.15) is 0 Å². The molecule has 0 atom stereocenters. The van der Waals surface area contributed by atoms with Crippen molar-refractivity contribution in [3.8, 4) is 55.9 Å². The summed E-state index contributed by atoms with van der Waals surface area (Å²) in [5, 5.41) is 5.04. The number of hydrogen-bond acceptors (Lipinski definition) is 0. The van der Waals surface area contributed by atoms with Crippen molar-refractivity contribution in [2.24, 2.45) is 0 Å². The number of benzene rings is 9. The van der Waals surface area contributed by atoms with E-state index in [4.69, 9.17) is 0 Å². The highest BCUT2D eigenvalue weighted by Crippen LogP contribution is 2.38. The Balaban J connectivity index is 0.894. The van der Waals surface area contributed by atoms with Crippen LogP contribution < -0.4 is 0 Å². The van der Waals surface area contributed by atoms with Crippen LogP contribution in [0.15, 0.2) is 217 Å². The lowest BCUT2D eigenvalue weighted by Crippen LogP contribution is -1.92. The molecule has 0 spiro atoms. The Morgan fingerprint density at radius 3 is 1.00 bits per heavy atom. The second-order valence-corrected chi connectivity index (χ2v) is 15.6. The first-order valence-electron chi connectivity index (χ1n) is 19.4. The van der Waals surface area contributed by atoms with Crippen LogP contribution >= 0.6 is 15.9 Å². The third kappa shape index (κ3) is 5.78. The molecule has 0 saturated heterocycles. The third-order valence-electron chi connectivity index (χ3n) is 11.4. The second-order valence-electron chi connectivity index (χ2n) is 14.7. The van der Waals surface area contributed by atoms with Crippen LogP contribution in [0, 0.1) is 0 Å². The summed E-state index contributed by atoms with van der Waals surface area (Å²) in [5.74, 6) is 0. The first-order chi connectivity index (χ1) is 28.2. The summed E-state index contributed by atoms with van der Waals surface area (Å²) >= 11 is 3.83. The smallest absolute Gasteiger partial charge is 0.0541 e. The van der Waals surface area contributed by atoms with Gasteiger partial charge >= 0.3 is 0 Å². The Bertz CT molecular complexity index is 3050. The van der Waals surface area contributed by atoms with Gasteiger partial charge in [0.1, 0.15) is 0 Å². The summed E-state index contributed by atoms with van der Waals surface area (Å²) in [6.07, 6.45) is 0. The van der Waals surface area contributed by atoms with Crippen molar-refractivity contribution in [1.82, 2.24) is 9.13 Å². The predicted molar refractivity (Wildman–Crippen MR) is 245 cm³/mol. The second kappa shape index (κ2) is 13.7. The van der Waals surface area contributed by atoms with E-state index in [0.717, 1.165) is 4.47 Å². The van der Waals surface area contributed by atoms with E-state index in [0.29, 0.717) is 0 Å². The van der Waals surface area contributed by atoms with Gasteiger partial charge in [-0.25, -0.2) is 0 Å². The first-order valence-corrected chi connectivity index (χ1v) is 20.2. The molecule has 2 aromatic heterocycles. The Morgan fingerprint density at radius 2 is 0.579 bits per heavy atom. The fourth-order valence-corrected chi connectivity index (χ4v) is 9.14. The minimum atomic E-state index is 1.06. The van der Waals surface area contributed by atoms with Crippen LogP contribution in [-0.2, 0) is 0 Å². The van der Waals surface area contributed by atoms with Crippen molar-refractivity contribution in [3.63, 3.8) is 0 Å². The highest BCUT2D eigenvalue weighted by atomic mass is 79.9. The van der Waals surface area contributed by atoms with Crippen LogP contribution in [0.4, 0.5) is 0 Å². The van der Waals surface area contributed by atoms with Crippen LogP contribution in [0.2, 0.25) is 0 Å². The molecule has 0 amide bonds. The van der Waals surface area contributed by atoms with Gasteiger partial charge in [-0.1, -0.05) is 149 Å². The predicted octanol–water partition coefficient (Wildman–Crippen LogP) is 15.3. The largest absolute Gasteiger partial charge is 0.309 e. The summed E-state index contributed by atoms with van der Waals surface area (Å²) in [5.41, 5.74) is 16.7. The molecule has 57 heavy (non-hydrogen) atoms. The molecule has 0 aliphatic heterocycles. The van der Waals surface area contributed by atoms with Gasteiger partial charge < -0.3 is 9.13 Å². The van der Waals surface area contributed by atoms with Gasteiger partial charge in [0.05, 0.1) is 22.1 Å². The average molecular weight is 792 g/mol. The van der Waals surface area contributed by atoms with Crippen molar-refractivity contribution in [3.05, 3.63) is 217 Å². The first kappa shape index (κ1) is 33.4. The van der Waals surface area contributed by atoms with E-state index in [2.05, 4.69) is 237 Å². The summed E-state index contributed by atoms with van der Waals surface area (Å²) in [6, 6.07) is 77.0. The molecular formula is C54H35BrN2. The average Bonchev–Trinajstić information content (AvgIpc) is 3.79. The van der Waals surface area contributed by atoms with Gasteiger partial charge in [-0.15, -0.1) is 0 Å². The molecular weight excluding hydrogens is 757 g/mol. The quantitative estimate of drug-likeness (QED) is 0.159. The lowest BCUT2D eigenvalue weighted by Gasteiger charge is -2.11. The molecule has 0 radical (unpaired) electrons. The van der Waals surface area contributed by atoms with Crippen molar-refractivity contribution in [2.45, 2.75) is 0 Å². The maximum absolute atomic E-state index is 3.83. The van der Waals surface area contributed by atoms with Crippen LogP contribution in [0.3, 0.4) is 0 Å². The maximum Gasteiger partial charge on any atom is 0.0541 e. The van der Waals surface area contributed by atoms with E-state index in [9.17, 15) is 0 Å². The summed E-state index contributed by atoms with van der Waals surface area (Å²) in [6.45, 7) is 0. The molecule has 2 nitrogen and oxygen atoms in total. The zero-order chi connectivity index (χ0) is 37.9. The SMILES string of the molecule is Brc1cc(-c2ccc(-c3ccc4c(c3)c3ccccc3n4-c3ccccc3)cc2)cc(-c2ccc(-c3ccc4c(c3)c3ccccc3n4-c3ccccc3)cc2)c1. The van der Waals surface area contributed by atoms with Crippen LogP contribution in [-0.4, -0.2) is 9.13 Å². The zero-order valence-corrected chi connectivity index (χ0v) is 32.6. The van der Waals surface area contributed by atoms with Crippen molar-refractivity contribution < 1.29 is 0 Å². The number of hydrogen-bond donors (Lipinski definition) is 0. The van der Waals surface area contributed by atoms with Crippen molar-refractivity contribution in [2.75, 3.05) is 0 Å². The topological polar surface area (TPSA) is 9.86 Å². The molecule has 11 aromatic rings. The van der Waals surface area contributed by atoms with Gasteiger partial charge in [0, 0.05) is 37.4 Å². The zero-order valence-electron chi connectivity index (χ0n) is 31.0. The van der Waals surface area contributed by atoms with Gasteiger partial charge in [-0.3, -0.25) is 0 Å². The normalized spacial score (nSPS) is 11.6. The molecule has 11 rings (SSSR count). The number of nitrogens with zero attached hydrogens (tertiary/aromatic N) is 2. The van der Waals surface area contributed by atoms with E-state index in [1.807, 2.05) is 0 Å². The van der Waals surface area contributed by atoms with E-state index in [1.165, 1.54) is 99.5 Å². The molecule has 0 aliphatic carbocycles. The Kier molecular flexibility index (Phi) is 8.01. The molecule has 0 unspecified atom stereocenters. The van der Waals surface area contributed by atoms with E-state index in [1.54, 1.807) is 0 Å². The molecule has 0 saturated carbocycles. The van der Waals surface area contributed by atoms with E-state index in [-0.39, 0.29) is 0 Å². The molecule has 9 aromatic carbocycles. The van der Waals surface area contributed by atoms with E-state index >= 15 is 0 Å². The minimum Gasteiger partial charge on any atom is -0.309 e. The number of halogens is 1.